The molecule has 29 heavy (non-hydrogen) atoms. The number of fused-ring (bicyclic) bond motifs is 1. The van der Waals surface area contributed by atoms with E-state index < -0.39 is 5.97 Å². The molecule has 2 aromatic carbocycles. The van der Waals surface area contributed by atoms with Crippen molar-refractivity contribution in [2.75, 3.05) is 18.5 Å². The standard InChI is InChI=1S/C24H26N2O2S/c1-18-9-3-4-10-20(18)19(14-15-25-2)17-23-26(16-8-7-13-24(27)28)21-11-5-6-12-22(21)29-23/h3-6,9-12,14-15,17H,7-8,13,16H2,1-2H3,(H,27,28)/b19-14-,23-17-,25-15+. The van der Waals surface area contributed by atoms with Crippen LogP contribution in [0.1, 0.15) is 30.4 Å². The molecule has 2 aromatic rings. The Labute approximate surface area is 176 Å². The molecule has 0 bridgehead atoms. The van der Waals surface area contributed by atoms with Crippen LogP contribution in [0.3, 0.4) is 0 Å². The number of aliphatic carboxylic acids is 1. The van der Waals surface area contributed by atoms with Crippen molar-refractivity contribution in [2.24, 2.45) is 4.99 Å². The van der Waals surface area contributed by atoms with E-state index >= 15 is 0 Å². The van der Waals surface area contributed by atoms with Gasteiger partial charge in [-0.1, -0.05) is 48.2 Å². The summed E-state index contributed by atoms with van der Waals surface area (Å²) in [6.07, 6.45) is 7.80. The first-order valence-electron chi connectivity index (χ1n) is 9.76. The zero-order valence-electron chi connectivity index (χ0n) is 16.8. The van der Waals surface area contributed by atoms with Crippen LogP contribution in [0.5, 0.6) is 0 Å². The summed E-state index contributed by atoms with van der Waals surface area (Å²) in [5, 5.41) is 10.1. The van der Waals surface area contributed by atoms with Crippen LogP contribution >= 0.6 is 11.8 Å². The Kier molecular flexibility index (Phi) is 7.30. The quantitative estimate of drug-likeness (QED) is 0.445. The lowest BCUT2D eigenvalue weighted by atomic mass is 10.0. The zero-order valence-corrected chi connectivity index (χ0v) is 17.7. The van der Waals surface area contributed by atoms with Gasteiger partial charge in [-0.05, 0) is 60.8 Å². The molecule has 4 nitrogen and oxygen atoms in total. The van der Waals surface area contributed by atoms with E-state index in [-0.39, 0.29) is 6.42 Å². The lowest BCUT2D eigenvalue weighted by molar-refractivity contribution is -0.137. The van der Waals surface area contributed by atoms with E-state index in [2.05, 4.69) is 65.4 Å². The molecule has 1 aliphatic heterocycles. The maximum atomic E-state index is 10.8. The maximum absolute atomic E-state index is 10.8. The molecule has 0 atom stereocenters. The third-order valence-corrected chi connectivity index (χ3v) is 5.91. The second kappa shape index (κ2) is 10.1. The average Bonchev–Trinajstić information content (AvgIpc) is 3.06. The summed E-state index contributed by atoms with van der Waals surface area (Å²) < 4.78 is 0. The fourth-order valence-corrected chi connectivity index (χ4v) is 4.48. The van der Waals surface area contributed by atoms with Gasteiger partial charge in [0.15, 0.2) is 0 Å². The number of carboxylic acids is 1. The van der Waals surface area contributed by atoms with Gasteiger partial charge in [0.2, 0.25) is 0 Å². The molecule has 3 rings (SSSR count). The van der Waals surface area contributed by atoms with Crippen molar-refractivity contribution in [1.82, 2.24) is 0 Å². The number of benzene rings is 2. The average molecular weight is 407 g/mol. The Morgan fingerprint density at radius 3 is 2.66 bits per heavy atom. The van der Waals surface area contributed by atoms with Crippen LogP contribution in [-0.2, 0) is 4.79 Å². The topological polar surface area (TPSA) is 52.9 Å². The predicted octanol–water partition coefficient (Wildman–Crippen LogP) is 5.79. The van der Waals surface area contributed by atoms with Gasteiger partial charge in [-0.2, -0.15) is 0 Å². The van der Waals surface area contributed by atoms with Crippen molar-refractivity contribution in [2.45, 2.75) is 31.1 Å². The highest BCUT2D eigenvalue weighted by atomic mass is 32.2. The molecule has 0 spiro atoms. The minimum Gasteiger partial charge on any atom is -0.481 e. The molecular formula is C24H26N2O2S. The normalized spacial score (nSPS) is 15.3. The number of thioether (sulfide) groups is 1. The summed E-state index contributed by atoms with van der Waals surface area (Å²) in [5.74, 6) is -0.736. The largest absolute Gasteiger partial charge is 0.481 e. The molecule has 1 aliphatic rings. The first-order chi connectivity index (χ1) is 14.1. The number of aliphatic imine (C=N–C) groups is 1. The fourth-order valence-electron chi connectivity index (χ4n) is 3.34. The van der Waals surface area contributed by atoms with Gasteiger partial charge in [0.25, 0.3) is 0 Å². The van der Waals surface area contributed by atoms with Gasteiger partial charge in [-0.25, -0.2) is 0 Å². The molecule has 0 unspecified atom stereocenters. The van der Waals surface area contributed by atoms with E-state index in [9.17, 15) is 4.79 Å². The van der Waals surface area contributed by atoms with E-state index in [1.54, 1.807) is 18.8 Å². The lowest BCUT2D eigenvalue weighted by Crippen LogP contribution is -2.19. The molecule has 0 fully saturated rings. The number of hydrogen-bond acceptors (Lipinski definition) is 4. The highest BCUT2D eigenvalue weighted by molar-refractivity contribution is 8.03. The molecule has 0 radical (unpaired) electrons. The highest BCUT2D eigenvalue weighted by Gasteiger charge is 2.24. The van der Waals surface area contributed by atoms with Crippen molar-refractivity contribution < 1.29 is 9.90 Å². The van der Waals surface area contributed by atoms with E-state index in [0.29, 0.717) is 6.42 Å². The Hall–Kier alpha value is -2.79. The summed E-state index contributed by atoms with van der Waals surface area (Å²) in [4.78, 5) is 18.5. The molecule has 1 heterocycles. The van der Waals surface area contributed by atoms with E-state index in [1.165, 1.54) is 21.7 Å². The Balaban J connectivity index is 1.93. The van der Waals surface area contributed by atoms with E-state index in [4.69, 9.17) is 5.11 Å². The Bertz CT molecular complexity index is 963. The maximum Gasteiger partial charge on any atom is 0.303 e. The molecule has 0 amide bonds. The van der Waals surface area contributed by atoms with E-state index in [1.807, 2.05) is 18.4 Å². The van der Waals surface area contributed by atoms with E-state index in [0.717, 1.165) is 23.6 Å². The molecule has 0 aromatic heterocycles. The second-order valence-electron chi connectivity index (χ2n) is 6.90. The summed E-state index contributed by atoms with van der Waals surface area (Å²) >= 11 is 1.76. The molecule has 0 saturated heterocycles. The number of unbranched alkanes of at least 4 members (excludes halogenated alkanes) is 1. The molecule has 0 saturated carbocycles. The third-order valence-electron chi connectivity index (χ3n) is 4.80. The summed E-state index contributed by atoms with van der Waals surface area (Å²) in [5.41, 5.74) is 4.70. The number of carboxylic acid groups (broad SMARTS) is 1. The van der Waals surface area contributed by atoms with Gasteiger partial charge in [0.1, 0.15) is 0 Å². The Morgan fingerprint density at radius 2 is 1.90 bits per heavy atom. The predicted molar refractivity (Wildman–Crippen MR) is 123 cm³/mol. The SMILES string of the molecule is C/N=C/C=C(/C=C1\Sc2ccccc2N1CCCCC(=O)O)c1ccccc1C. The first-order valence-corrected chi connectivity index (χ1v) is 10.6. The van der Waals surface area contributed by atoms with Gasteiger partial charge in [0, 0.05) is 31.1 Å². The fraction of sp³-hybridized carbons (Fsp3) is 0.250. The highest BCUT2D eigenvalue weighted by Crippen LogP contribution is 2.46. The van der Waals surface area contributed by atoms with Gasteiger partial charge in [0.05, 0.1) is 10.7 Å². The molecular weight excluding hydrogens is 380 g/mol. The third kappa shape index (κ3) is 5.39. The molecule has 5 heteroatoms. The molecule has 1 N–H and O–H groups in total. The van der Waals surface area contributed by atoms with Gasteiger partial charge in [-0.3, -0.25) is 9.79 Å². The Morgan fingerprint density at radius 1 is 1.14 bits per heavy atom. The van der Waals surface area contributed by atoms with Gasteiger partial charge >= 0.3 is 5.97 Å². The number of anilines is 1. The number of allylic oxidation sites excluding steroid dienone is 3. The first kappa shape index (κ1) is 20.9. The van der Waals surface area contributed by atoms with Crippen LogP contribution in [0.4, 0.5) is 5.69 Å². The molecule has 150 valence electrons. The summed E-state index contributed by atoms with van der Waals surface area (Å²) in [6.45, 7) is 2.91. The van der Waals surface area contributed by atoms with Crippen LogP contribution in [0.2, 0.25) is 0 Å². The van der Waals surface area contributed by atoms with Crippen molar-refractivity contribution >= 4 is 35.2 Å². The van der Waals surface area contributed by atoms with Crippen LogP contribution in [0.25, 0.3) is 5.57 Å². The van der Waals surface area contributed by atoms with Crippen LogP contribution < -0.4 is 4.90 Å². The van der Waals surface area contributed by atoms with Gasteiger partial charge in [-0.15, -0.1) is 0 Å². The summed E-state index contributed by atoms with van der Waals surface area (Å²) in [6, 6.07) is 16.7. The number of para-hydroxylation sites is 1. The minimum atomic E-state index is -0.736. The smallest absolute Gasteiger partial charge is 0.303 e. The summed E-state index contributed by atoms with van der Waals surface area (Å²) in [7, 11) is 1.77. The van der Waals surface area contributed by atoms with Crippen LogP contribution in [0.15, 0.2) is 75.6 Å². The van der Waals surface area contributed by atoms with Crippen molar-refractivity contribution in [3.8, 4) is 0 Å². The number of nitrogens with zero attached hydrogens (tertiary/aromatic N) is 2. The van der Waals surface area contributed by atoms with Gasteiger partial charge < -0.3 is 10.0 Å². The van der Waals surface area contributed by atoms with Crippen LogP contribution in [-0.4, -0.2) is 30.9 Å². The van der Waals surface area contributed by atoms with Crippen molar-refractivity contribution in [3.05, 3.63) is 76.8 Å². The number of rotatable bonds is 8. The van der Waals surface area contributed by atoms with Crippen molar-refractivity contribution in [1.29, 1.82) is 0 Å². The number of aryl methyl sites for hydroxylation is 1. The zero-order chi connectivity index (χ0) is 20.6. The number of hydrogen-bond donors (Lipinski definition) is 1. The minimum absolute atomic E-state index is 0.211. The number of carbonyl (C=O) groups is 1. The van der Waals surface area contributed by atoms with Crippen LogP contribution in [0, 0.1) is 6.92 Å². The van der Waals surface area contributed by atoms with Crippen molar-refractivity contribution in [3.63, 3.8) is 0 Å². The lowest BCUT2D eigenvalue weighted by Gasteiger charge is -2.21. The second-order valence-corrected chi connectivity index (χ2v) is 7.96. The monoisotopic (exact) mass is 406 g/mol. The molecule has 0 aliphatic carbocycles.